The van der Waals surface area contributed by atoms with Gasteiger partial charge in [-0.1, -0.05) is 36.4 Å². The van der Waals surface area contributed by atoms with Crippen molar-refractivity contribution in [3.8, 4) is 11.5 Å². The van der Waals surface area contributed by atoms with Gasteiger partial charge >= 0.3 is 7.75 Å². The number of para-hydroxylation sites is 2. The van der Waals surface area contributed by atoms with Gasteiger partial charge in [0, 0.05) is 13.1 Å². The standard InChI is InChI=1S/C20H24NO3P/c22-25(23-19-7-3-1-4-8-19,24-20-9-5-2-6-10-20)21-15-17-11-12-18(16-21)14-13-17/h1-10,17-18H,11-16H2. The van der Waals surface area contributed by atoms with Crippen molar-refractivity contribution in [2.75, 3.05) is 13.1 Å². The van der Waals surface area contributed by atoms with Crippen molar-refractivity contribution in [2.45, 2.75) is 25.7 Å². The molecule has 0 unspecified atom stereocenters. The fourth-order valence-corrected chi connectivity index (χ4v) is 5.74. The molecule has 2 heterocycles. The van der Waals surface area contributed by atoms with Crippen LogP contribution in [0.5, 0.6) is 11.5 Å². The number of benzene rings is 2. The lowest BCUT2D eigenvalue weighted by Gasteiger charge is -2.30. The van der Waals surface area contributed by atoms with Gasteiger partial charge in [-0.3, -0.25) is 0 Å². The number of hydrogen-bond acceptors (Lipinski definition) is 3. The van der Waals surface area contributed by atoms with Crippen molar-refractivity contribution in [3.05, 3.63) is 60.7 Å². The highest BCUT2D eigenvalue weighted by Gasteiger charge is 2.43. The fourth-order valence-electron chi connectivity index (χ4n) is 3.83. The summed E-state index contributed by atoms with van der Waals surface area (Å²) < 4.78 is 27.8. The molecule has 2 aliphatic heterocycles. The van der Waals surface area contributed by atoms with Gasteiger partial charge in [-0.15, -0.1) is 0 Å². The zero-order valence-electron chi connectivity index (χ0n) is 14.3. The van der Waals surface area contributed by atoms with E-state index in [0.717, 1.165) is 13.1 Å². The van der Waals surface area contributed by atoms with Crippen LogP contribution in [0.1, 0.15) is 25.7 Å². The summed E-state index contributed by atoms with van der Waals surface area (Å²) in [5.41, 5.74) is 0. The highest BCUT2D eigenvalue weighted by Crippen LogP contribution is 2.54. The van der Waals surface area contributed by atoms with Gasteiger partial charge < -0.3 is 9.05 Å². The van der Waals surface area contributed by atoms with Crippen molar-refractivity contribution >= 4 is 7.75 Å². The van der Waals surface area contributed by atoms with Crippen molar-refractivity contribution in [1.82, 2.24) is 4.67 Å². The highest BCUT2D eigenvalue weighted by atomic mass is 31.2. The van der Waals surface area contributed by atoms with E-state index >= 15 is 0 Å². The van der Waals surface area contributed by atoms with Gasteiger partial charge in [0.2, 0.25) is 0 Å². The predicted octanol–water partition coefficient (Wildman–Crippen LogP) is 5.37. The summed E-state index contributed by atoms with van der Waals surface area (Å²) in [4.78, 5) is 0. The van der Waals surface area contributed by atoms with Crippen molar-refractivity contribution in [3.63, 3.8) is 0 Å². The maximum atomic E-state index is 13.9. The molecular weight excluding hydrogens is 333 g/mol. The van der Waals surface area contributed by atoms with Gasteiger partial charge in [0.05, 0.1) is 0 Å². The first-order valence-corrected chi connectivity index (χ1v) is 10.6. The van der Waals surface area contributed by atoms with E-state index < -0.39 is 7.75 Å². The monoisotopic (exact) mass is 357 g/mol. The molecule has 132 valence electrons. The molecule has 0 amide bonds. The first-order valence-electron chi connectivity index (χ1n) is 9.06. The highest BCUT2D eigenvalue weighted by molar-refractivity contribution is 7.52. The Morgan fingerprint density at radius 3 is 1.52 bits per heavy atom. The van der Waals surface area contributed by atoms with Crippen molar-refractivity contribution in [1.29, 1.82) is 0 Å². The largest absolute Gasteiger partial charge is 0.515 e. The van der Waals surface area contributed by atoms with E-state index in [1.165, 1.54) is 25.7 Å². The molecule has 0 radical (unpaired) electrons. The quantitative estimate of drug-likeness (QED) is 0.674. The SMILES string of the molecule is O=P(Oc1ccccc1)(Oc1ccccc1)N1CC2CCC(CC2)C1. The Hall–Kier alpha value is -1.77. The molecule has 0 atom stereocenters. The van der Waals surface area contributed by atoms with E-state index in [-0.39, 0.29) is 0 Å². The van der Waals surface area contributed by atoms with Crippen LogP contribution in [-0.2, 0) is 4.57 Å². The van der Waals surface area contributed by atoms with Crippen LogP contribution in [0.15, 0.2) is 60.7 Å². The Bertz CT molecular complexity index is 670. The van der Waals surface area contributed by atoms with E-state index in [9.17, 15) is 4.57 Å². The second-order valence-electron chi connectivity index (χ2n) is 7.04. The first kappa shape index (κ1) is 16.7. The van der Waals surface area contributed by atoms with Gasteiger partial charge in [0.25, 0.3) is 0 Å². The summed E-state index contributed by atoms with van der Waals surface area (Å²) in [5, 5.41) is 0. The maximum absolute atomic E-state index is 13.9. The zero-order chi connectivity index (χ0) is 17.1. The minimum Gasteiger partial charge on any atom is -0.404 e. The normalized spacial score (nSPS) is 23.8. The van der Waals surface area contributed by atoms with Crippen LogP contribution in [0.25, 0.3) is 0 Å². The Labute approximate surface area is 149 Å². The van der Waals surface area contributed by atoms with Crippen LogP contribution < -0.4 is 9.05 Å². The molecule has 5 rings (SSSR count). The molecule has 2 bridgehead atoms. The molecule has 0 N–H and O–H groups in total. The molecule has 2 aromatic carbocycles. The molecule has 5 heteroatoms. The third-order valence-electron chi connectivity index (χ3n) is 5.18. The summed E-state index contributed by atoms with van der Waals surface area (Å²) in [5.74, 6) is 2.34. The number of fused-ring (bicyclic) bond motifs is 4. The molecule has 3 aliphatic rings. The van der Waals surface area contributed by atoms with E-state index in [1.54, 1.807) is 0 Å². The number of rotatable bonds is 5. The second kappa shape index (κ2) is 7.23. The van der Waals surface area contributed by atoms with E-state index in [0.29, 0.717) is 23.3 Å². The van der Waals surface area contributed by atoms with E-state index in [2.05, 4.69) is 0 Å². The second-order valence-corrected chi connectivity index (χ2v) is 8.90. The third-order valence-corrected chi connectivity index (χ3v) is 7.08. The topological polar surface area (TPSA) is 38.8 Å². The molecule has 2 aromatic rings. The zero-order valence-corrected chi connectivity index (χ0v) is 15.2. The Balaban J connectivity index is 1.64. The van der Waals surface area contributed by atoms with Crippen LogP contribution in [0, 0.1) is 11.8 Å². The minimum atomic E-state index is -3.47. The summed E-state index contributed by atoms with van der Waals surface area (Å²) in [7, 11) is -3.47. The van der Waals surface area contributed by atoms with Crippen LogP contribution in [0.4, 0.5) is 0 Å². The van der Waals surface area contributed by atoms with E-state index in [1.807, 2.05) is 65.3 Å². The fraction of sp³-hybridized carbons (Fsp3) is 0.400. The molecule has 1 saturated carbocycles. The van der Waals surface area contributed by atoms with Gasteiger partial charge in [0.15, 0.2) is 0 Å². The van der Waals surface area contributed by atoms with E-state index in [4.69, 9.17) is 9.05 Å². The smallest absolute Gasteiger partial charge is 0.404 e. The number of nitrogens with zero attached hydrogens (tertiary/aromatic N) is 1. The molecule has 2 saturated heterocycles. The number of hydrogen-bond donors (Lipinski definition) is 0. The Kier molecular flexibility index (Phi) is 4.82. The summed E-state index contributed by atoms with van der Waals surface area (Å²) in [6.45, 7) is 1.57. The van der Waals surface area contributed by atoms with Gasteiger partial charge in [0.1, 0.15) is 11.5 Å². The molecule has 4 nitrogen and oxygen atoms in total. The average molecular weight is 357 g/mol. The summed E-state index contributed by atoms with van der Waals surface area (Å²) >= 11 is 0. The lowest BCUT2D eigenvalue weighted by atomic mass is 9.84. The lowest BCUT2D eigenvalue weighted by molar-refractivity contribution is 0.270. The van der Waals surface area contributed by atoms with Crippen LogP contribution in [0.2, 0.25) is 0 Å². The van der Waals surface area contributed by atoms with Gasteiger partial charge in [-0.05, 0) is 61.8 Å². The van der Waals surface area contributed by atoms with Crippen LogP contribution >= 0.6 is 7.75 Å². The first-order chi connectivity index (χ1) is 12.2. The minimum absolute atomic E-state index is 0.582. The summed E-state index contributed by atoms with van der Waals surface area (Å²) in [6.07, 6.45) is 4.88. The van der Waals surface area contributed by atoms with Crippen LogP contribution in [0.3, 0.4) is 0 Å². The Morgan fingerprint density at radius 2 is 1.12 bits per heavy atom. The average Bonchev–Trinajstić information content (AvgIpc) is 2.98. The molecule has 3 fully saturated rings. The Morgan fingerprint density at radius 1 is 0.720 bits per heavy atom. The molecule has 25 heavy (non-hydrogen) atoms. The molecular formula is C20H24NO3P. The summed E-state index contributed by atoms with van der Waals surface area (Å²) in [6, 6.07) is 18.7. The predicted molar refractivity (Wildman–Crippen MR) is 98.8 cm³/mol. The van der Waals surface area contributed by atoms with Crippen molar-refractivity contribution < 1.29 is 13.6 Å². The lowest BCUT2D eigenvalue weighted by Crippen LogP contribution is -2.30. The third kappa shape index (κ3) is 3.91. The molecule has 0 aromatic heterocycles. The molecule has 0 spiro atoms. The molecule has 1 aliphatic carbocycles. The van der Waals surface area contributed by atoms with Gasteiger partial charge in [-0.2, -0.15) is 4.67 Å². The van der Waals surface area contributed by atoms with Crippen LogP contribution in [-0.4, -0.2) is 17.8 Å². The van der Waals surface area contributed by atoms with Crippen molar-refractivity contribution in [2.24, 2.45) is 11.8 Å². The maximum Gasteiger partial charge on any atom is 0.515 e. The van der Waals surface area contributed by atoms with Gasteiger partial charge in [-0.25, -0.2) is 4.57 Å².